The quantitative estimate of drug-likeness (QED) is 0.233. The summed E-state index contributed by atoms with van der Waals surface area (Å²) in [7, 11) is 0. The number of halogens is 1. The molecule has 1 aromatic heterocycles. The van der Waals surface area contributed by atoms with Crippen molar-refractivity contribution in [3.8, 4) is 22.6 Å². The highest BCUT2D eigenvalue weighted by atomic mass is 79.9. The summed E-state index contributed by atoms with van der Waals surface area (Å²) >= 11 is 3.59. The standard InChI is InChI=1S/C33H25BrN2/c1-33(2)28(23-14-8-4-9-15-23)27(22-12-6-3-7-13-22)31-29(33)30(24-18-20-26(34)21-19-24)35-32(36-31)25-16-10-5-11-17-25/h3-21H,1-2H3. The average molecular weight is 529 g/mol. The zero-order chi connectivity index (χ0) is 24.7. The maximum Gasteiger partial charge on any atom is 0.160 e. The van der Waals surface area contributed by atoms with E-state index in [-0.39, 0.29) is 5.41 Å². The molecule has 174 valence electrons. The molecule has 0 atom stereocenters. The van der Waals surface area contributed by atoms with E-state index in [1.54, 1.807) is 0 Å². The molecule has 3 heteroatoms. The number of hydrogen-bond donors (Lipinski definition) is 0. The topological polar surface area (TPSA) is 25.8 Å². The highest BCUT2D eigenvalue weighted by Crippen LogP contribution is 2.55. The van der Waals surface area contributed by atoms with Crippen LogP contribution in [-0.4, -0.2) is 9.97 Å². The Hall–Kier alpha value is -3.82. The molecule has 0 bridgehead atoms. The first-order valence-electron chi connectivity index (χ1n) is 12.1. The molecule has 1 aliphatic carbocycles. The molecule has 6 rings (SSSR count). The van der Waals surface area contributed by atoms with E-state index >= 15 is 0 Å². The summed E-state index contributed by atoms with van der Waals surface area (Å²) in [5, 5.41) is 0. The van der Waals surface area contributed by atoms with Gasteiger partial charge in [0.15, 0.2) is 5.82 Å². The minimum atomic E-state index is -0.306. The summed E-state index contributed by atoms with van der Waals surface area (Å²) in [4.78, 5) is 10.5. The van der Waals surface area contributed by atoms with Gasteiger partial charge in [-0.1, -0.05) is 133 Å². The molecular formula is C33H25BrN2. The average Bonchev–Trinajstić information content (AvgIpc) is 3.17. The number of nitrogens with zero attached hydrogens (tertiary/aromatic N) is 2. The Morgan fingerprint density at radius 1 is 0.528 bits per heavy atom. The maximum absolute atomic E-state index is 5.28. The van der Waals surface area contributed by atoms with E-state index in [1.807, 2.05) is 18.2 Å². The maximum atomic E-state index is 5.28. The first kappa shape index (κ1) is 22.6. The Kier molecular flexibility index (Phi) is 5.66. The second-order valence-electron chi connectivity index (χ2n) is 9.60. The van der Waals surface area contributed by atoms with Gasteiger partial charge < -0.3 is 0 Å². The molecule has 4 aromatic carbocycles. The Labute approximate surface area is 220 Å². The molecule has 1 heterocycles. The Morgan fingerprint density at radius 2 is 1.03 bits per heavy atom. The summed E-state index contributed by atoms with van der Waals surface area (Å²) in [6.07, 6.45) is 0. The third-order valence-electron chi connectivity index (χ3n) is 6.92. The monoisotopic (exact) mass is 528 g/mol. The van der Waals surface area contributed by atoms with Crippen molar-refractivity contribution >= 4 is 27.1 Å². The van der Waals surface area contributed by atoms with Crippen LogP contribution in [-0.2, 0) is 5.41 Å². The lowest BCUT2D eigenvalue weighted by molar-refractivity contribution is 0.698. The number of allylic oxidation sites excluding steroid dienone is 1. The normalized spacial score (nSPS) is 14.1. The van der Waals surface area contributed by atoms with Crippen LogP contribution >= 0.6 is 15.9 Å². The van der Waals surface area contributed by atoms with Gasteiger partial charge in [-0.05, 0) is 28.8 Å². The number of hydrogen-bond acceptors (Lipinski definition) is 2. The highest BCUT2D eigenvalue weighted by molar-refractivity contribution is 9.10. The van der Waals surface area contributed by atoms with Crippen LogP contribution in [0.1, 0.15) is 36.2 Å². The molecular weight excluding hydrogens is 504 g/mol. The molecule has 0 radical (unpaired) electrons. The SMILES string of the molecule is CC1(C)C(c2ccccc2)=C(c2ccccc2)c2nc(-c3ccccc3)nc(-c3ccc(Br)cc3)c21. The van der Waals surface area contributed by atoms with Crippen LogP contribution in [0.5, 0.6) is 0 Å². The predicted molar refractivity (Wildman–Crippen MR) is 152 cm³/mol. The second kappa shape index (κ2) is 9.00. The van der Waals surface area contributed by atoms with Crippen molar-refractivity contribution in [2.45, 2.75) is 19.3 Å². The molecule has 0 spiro atoms. The van der Waals surface area contributed by atoms with Gasteiger partial charge in [0.1, 0.15) is 0 Å². The number of rotatable bonds is 4. The van der Waals surface area contributed by atoms with Gasteiger partial charge in [-0.15, -0.1) is 0 Å². The number of aromatic nitrogens is 2. The third-order valence-corrected chi connectivity index (χ3v) is 7.45. The highest BCUT2D eigenvalue weighted by Gasteiger charge is 2.43. The third kappa shape index (κ3) is 3.81. The van der Waals surface area contributed by atoms with E-state index in [1.165, 1.54) is 27.8 Å². The van der Waals surface area contributed by atoms with Crippen LogP contribution in [0.3, 0.4) is 0 Å². The predicted octanol–water partition coefficient (Wildman–Crippen LogP) is 8.82. The van der Waals surface area contributed by atoms with Gasteiger partial charge >= 0.3 is 0 Å². The molecule has 0 aliphatic heterocycles. The van der Waals surface area contributed by atoms with Crippen LogP contribution in [0.25, 0.3) is 33.8 Å². The lowest BCUT2D eigenvalue weighted by Gasteiger charge is -2.27. The Bertz CT molecular complexity index is 1570. The van der Waals surface area contributed by atoms with Gasteiger partial charge in [0, 0.05) is 32.2 Å². The molecule has 0 unspecified atom stereocenters. The molecule has 36 heavy (non-hydrogen) atoms. The second-order valence-corrected chi connectivity index (χ2v) is 10.5. The van der Waals surface area contributed by atoms with Crippen molar-refractivity contribution in [3.63, 3.8) is 0 Å². The zero-order valence-corrected chi connectivity index (χ0v) is 21.8. The fourth-order valence-electron chi connectivity index (χ4n) is 5.32. The van der Waals surface area contributed by atoms with E-state index in [0.29, 0.717) is 0 Å². The van der Waals surface area contributed by atoms with Crippen LogP contribution in [0, 0.1) is 0 Å². The van der Waals surface area contributed by atoms with Gasteiger partial charge in [0.25, 0.3) is 0 Å². The fraction of sp³-hybridized carbons (Fsp3) is 0.0909. The van der Waals surface area contributed by atoms with Crippen LogP contribution in [0.4, 0.5) is 0 Å². The van der Waals surface area contributed by atoms with E-state index in [4.69, 9.17) is 9.97 Å². The Balaban J connectivity index is 1.73. The lowest BCUT2D eigenvalue weighted by Crippen LogP contribution is -2.19. The van der Waals surface area contributed by atoms with Crippen LogP contribution in [0.2, 0.25) is 0 Å². The van der Waals surface area contributed by atoms with Crippen molar-refractivity contribution in [2.24, 2.45) is 0 Å². The van der Waals surface area contributed by atoms with E-state index < -0.39 is 0 Å². The summed E-state index contributed by atoms with van der Waals surface area (Å²) in [6.45, 7) is 4.61. The minimum Gasteiger partial charge on any atom is -0.228 e. The largest absolute Gasteiger partial charge is 0.228 e. The van der Waals surface area contributed by atoms with Gasteiger partial charge in [-0.25, -0.2) is 9.97 Å². The zero-order valence-electron chi connectivity index (χ0n) is 20.2. The number of fused-ring (bicyclic) bond motifs is 1. The van der Waals surface area contributed by atoms with Gasteiger partial charge in [0.2, 0.25) is 0 Å². The van der Waals surface area contributed by atoms with Crippen molar-refractivity contribution in [1.82, 2.24) is 9.97 Å². The Morgan fingerprint density at radius 3 is 1.61 bits per heavy atom. The summed E-state index contributed by atoms with van der Waals surface area (Å²) in [6, 6.07) is 40.1. The van der Waals surface area contributed by atoms with Gasteiger partial charge in [-0.2, -0.15) is 0 Å². The summed E-state index contributed by atoms with van der Waals surface area (Å²) < 4.78 is 1.05. The molecule has 0 amide bonds. The van der Waals surface area contributed by atoms with Crippen molar-refractivity contribution in [3.05, 3.63) is 142 Å². The van der Waals surface area contributed by atoms with Crippen LogP contribution in [0.15, 0.2) is 120 Å². The first-order chi connectivity index (χ1) is 17.5. The summed E-state index contributed by atoms with van der Waals surface area (Å²) in [5.41, 5.74) is 9.79. The fourth-order valence-corrected chi connectivity index (χ4v) is 5.58. The summed E-state index contributed by atoms with van der Waals surface area (Å²) in [5.74, 6) is 0.741. The van der Waals surface area contributed by atoms with Crippen molar-refractivity contribution < 1.29 is 0 Å². The molecule has 0 saturated heterocycles. The van der Waals surface area contributed by atoms with Crippen molar-refractivity contribution in [1.29, 1.82) is 0 Å². The minimum absolute atomic E-state index is 0.306. The van der Waals surface area contributed by atoms with Gasteiger partial charge in [-0.3, -0.25) is 0 Å². The first-order valence-corrected chi connectivity index (χ1v) is 12.9. The van der Waals surface area contributed by atoms with E-state index in [2.05, 4.69) is 127 Å². The molecule has 5 aromatic rings. The lowest BCUT2D eigenvalue weighted by atomic mass is 9.76. The molecule has 0 saturated carbocycles. The molecule has 1 aliphatic rings. The van der Waals surface area contributed by atoms with E-state index in [0.717, 1.165) is 32.8 Å². The molecule has 2 nitrogen and oxygen atoms in total. The molecule has 0 fully saturated rings. The smallest absolute Gasteiger partial charge is 0.160 e. The van der Waals surface area contributed by atoms with Crippen LogP contribution < -0.4 is 0 Å². The van der Waals surface area contributed by atoms with Gasteiger partial charge in [0.05, 0.1) is 11.4 Å². The van der Waals surface area contributed by atoms with Crippen molar-refractivity contribution in [2.75, 3.05) is 0 Å². The molecule has 0 N–H and O–H groups in total. The number of benzene rings is 4. The van der Waals surface area contributed by atoms with E-state index in [9.17, 15) is 0 Å².